The standard InChI is InChI=1S/C15H18N4O4S/c20-19(21)14-3-1-2-4-15(14)24(22,23)18-8-5-13(6-9-18)11-17-10-7-16-12-17/h1-4,7,10,12-13H,5-6,8-9,11H2. The van der Waals surface area contributed by atoms with E-state index in [9.17, 15) is 18.5 Å². The Hall–Kier alpha value is -2.26. The average molecular weight is 350 g/mol. The second-order valence-electron chi connectivity index (χ2n) is 5.83. The summed E-state index contributed by atoms with van der Waals surface area (Å²) >= 11 is 0. The molecule has 0 aliphatic carbocycles. The van der Waals surface area contributed by atoms with Gasteiger partial charge in [-0.15, -0.1) is 0 Å². The number of sulfonamides is 1. The molecule has 0 saturated carbocycles. The lowest BCUT2D eigenvalue weighted by Gasteiger charge is -2.31. The second-order valence-corrected chi connectivity index (χ2v) is 7.74. The number of imidazole rings is 1. The minimum Gasteiger partial charge on any atom is -0.337 e. The van der Waals surface area contributed by atoms with Gasteiger partial charge in [-0.1, -0.05) is 12.1 Å². The van der Waals surface area contributed by atoms with Crippen LogP contribution < -0.4 is 0 Å². The summed E-state index contributed by atoms with van der Waals surface area (Å²) in [7, 11) is -3.85. The van der Waals surface area contributed by atoms with Gasteiger partial charge in [0.1, 0.15) is 0 Å². The first-order valence-electron chi connectivity index (χ1n) is 7.68. The highest BCUT2D eigenvalue weighted by Gasteiger charge is 2.33. The van der Waals surface area contributed by atoms with Crippen molar-refractivity contribution in [1.29, 1.82) is 0 Å². The Balaban J connectivity index is 1.72. The molecular formula is C15H18N4O4S. The van der Waals surface area contributed by atoms with Gasteiger partial charge in [0.05, 0.1) is 11.3 Å². The number of rotatable bonds is 5. The summed E-state index contributed by atoms with van der Waals surface area (Å²) in [5.74, 6) is 0.372. The minimum atomic E-state index is -3.85. The SMILES string of the molecule is O=[N+]([O-])c1ccccc1S(=O)(=O)N1CCC(Cn2ccnc2)CC1. The van der Waals surface area contributed by atoms with E-state index in [1.54, 1.807) is 12.5 Å². The van der Waals surface area contributed by atoms with Gasteiger partial charge >= 0.3 is 0 Å². The Morgan fingerprint density at radius 3 is 2.58 bits per heavy atom. The highest BCUT2D eigenvalue weighted by Crippen LogP contribution is 2.29. The number of nitro groups is 1. The summed E-state index contributed by atoms with van der Waals surface area (Å²) in [6.07, 6.45) is 6.79. The topological polar surface area (TPSA) is 98.3 Å². The normalized spacial score (nSPS) is 17.0. The van der Waals surface area contributed by atoms with Gasteiger partial charge in [0.15, 0.2) is 4.90 Å². The third kappa shape index (κ3) is 3.31. The van der Waals surface area contributed by atoms with Crippen molar-refractivity contribution in [2.75, 3.05) is 13.1 Å². The average Bonchev–Trinajstić information content (AvgIpc) is 3.08. The zero-order valence-electron chi connectivity index (χ0n) is 13.0. The summed E-state index contributed by atoms with van der Waals surface area (Å²) in [6, 6.07) is 5.49. The van der Waals surface area contributed by atoms with Crippen LogP contribution in [0.5, 0.6) is 0 Å². The molecule has 2 heterocycles. The molecule has 0 atom stereocenters. The maximum Gasteiger partial charge on any atom is 0.289 e. The van der Waals surface area contributed by atoms with E-state index in [0.29, 0.717) is 19.0 Å². The molecule has 0 spiro atoms. The maximum atomic E-state index is 12.7. The number of piperidine rings is 1. The van der Waals surface area contributed by atoms with Crippen LogP contribution in [0.1, 0.15) is 12.8 Å². The van der Waals surface area contributed by atoms with Crippen LogP contribution in [0.2, 0.25) is 0 Å². The molecule has 1 aromatic carbocycles. The smallest absolute Gasteiger partial charge is 0.289 e. The minimum absolute atomic E-state index is 0.233. The third-order valence-corrected chi connectivity index (χ3v) is 6.23. The van der Waals surface area contributed by atoms with E-state index in [1.807, 2.05) is 10.8 Å². The molecular weight excluding hydrogens is 332 g/mol. The van der Waals surface area contributed by atoms with Crippen LogP contribution >= 0.6 is 0 Å². The van der Waals surface area contributed by atoms with Gasteiger partial charge in [0, 0.05) is 38.1 Å². The number of hydrogen-bond acceptors (Lipinski definition) is 5. The zero-order valence-corrected chi connectivity index (χ0v) is 13.8. The highest BCUT2D eigenvalue weighted by atomic mass is 32.2. The lowest BCUT2D eigenvalue weighted by atomic mass is 9.98. The molecule has 8 nitrogen and oxygen atoms in total. The van der Waals surface area contributed by atoms with Crippen molar-refractivity contribution in [1.82, 2.24) is 13.9 Å². The van der Waals surface area contributed by atoms with E-state index in [1.165, 1.54) is 28.6 Å². The first-order chi connectivity index (χ1) is 11.5. The molecule has 0 amide bonds. The van der Waals surface area contributed by atoms with Gasteiger partial charge in [-0.25, -0.2) is 13.4 Å². The van der Waals surface area contributed by atoms with Crippen LogP contribution in [0, 0.1) is 16.0 Å². The van der Waals surface area contributed by atoms with Crippen LogP contribution in [0.4, 0.5) is 5.69 Å². The van der Waals surface area contributed by atoms with Gasteiger partial charge in [0.2, 0.25) is 10.0 Å². The van der Waals surface area contributed by atoms with Crippen LogP contribution in [0.25, 0.3) is 0 Å². The first-order valence-corrected chi connectivity index (χ1v) is 9.12. The Morgan fingerprint density at radius 2 is 1.96 bits per heavy atom. The van der Waals surface area contributed by atoms with E-state index in [2.05, 4.69) is 4.98 Å². The van der Waals surface area contributed by atoms with Crippen LogP contribution in [0.3, 0.4) is 0 Å². The Kier molecular flexibility index (Phi) is 4.63. The van der Waals surface area contributed by atoms with Crippen molar-refractivity contribution in [3.8, 4) is 0 Å². The number of hydrogen-bond donors (Lipinski definition) is 0. The van der Waals surface area contributed by atoms with Crippen molar-refractivity contribution < 1.29 is 13.3 Å². The van der Waals surface area contributed by atoms with E-state index in [0.717, 1.165) is 19.4 Å². The quantitative estimate of drug-likeness (QED) is 0.606. The lowest BCUT2D eigenvalue weighted by Crippen LogP contribution is -2.39. The second kappa shape index (κ2) is 6.70. The number of benzene rings is 1. The van der Waals surface area contributed by atoms with Crippen molar-refractivity contribution in [3.63, 3.8) is 0 Å². The van der Waals surface area contributed by atoms with Gasteiger partial charge in [0.25, 0.3) is 5.69 Å². The molecule has 1 fully saturated rings. The first kappa shape index (κ1) is 16.6. The molecule has 0 N–H and O–H groups in total. The number of para-hydroxylation sites is 1. The molecule has 1 saturated heterocycles. The molecule has 0 bridgehead atoms. The van der Waals surface area contributed by atoms with E-state index in [4.69, 9.17) is 0 Å². The summed E-state index contributed by atoms with van der Waals surface area (Å²) < 4.78 is 28.8. The van der Waals surface area contributed by atoms with Gasteiger partial charge in [-0.2, -0.15) is 4.31 Å². The summed E-state index contributed by atoms with van der Waals surface area (Å²) in [5, 5.41) is 11.1. The highest BCUT2D eigenvalue weighted by molar-refractivity contribution is 7.89. The van der Waals surface area contributed by atoms with Gasteiger partial charge in [-0.05, 0) is 24.8 Å². The van der Waals surface area contributed by atoms with Crippen LogP contribution in [-0.4, -0.2) is 40.3 Å². The van der Waals surface area contributed by atoms with Gasteiger partial charge in [-0.3, -0.25) is 10.1 Å². The summed E-state index contributed by atoms with van der Waals surface area (Å²) in [4.78, 5) is 14.2. The third-order valence-electron chi connectivity index (χ3n) is 4.28. The predicted molar refractivity (Wildman–Crippen MR) is 86.8 cm³/mol. The molecule has 128 valence electrons. The Labute approximate surface area is 139 Å². The molecule has 3 rings (SSSR count). The largest absolute Gasteiger partial charge is 0.337 e. The molecule has 0 radical (unpaired) electrons. The van der Waals surface area contributed by atoms with Crippen molar-refractivity contribution >= 4 is 15.7 Å². The summed E-state index contributed by atoms with van der Waals surface area (Å²) in [5.41, 5.74) is -0.377. The molecule has 24 heavy (non-hydrogen) atoms. The number of aromatic nitrogens is 2. The number of nitrogens with zero attached hydrogens (tertiary/aromatic N) is 4. The molecule has 0 unspecified atom stereocenters. The number of nitro benzene ring substituents is 1. The molecule has 2 aromatic rings. The van der Waals surface area contributed by atoms with Crippen LogP contribution in [-0.2, 0) is 16.6 Å². The Bertz CT molecular complexity index is 812. The molecule has 1 aliphatic heterocycles. The lowest BCUT2D eigenvalue weighted by molar-refractivity contribution is -0.387. The zero-order chi connectivity index (χ0) is 17.2. The fourth-order valence-electron chi connectivity index (χ4n) is 2.99. The maximum absolute atomic E-state index is 12.7. The fraction of sp³-hybridized carbons (Fsp3) is 0.400. The van der Waals surface area contributed by atoms with Crippen molar-refractivity contribution in [2.45, 2.75) is 24.3 Å². The van der Waals surface area contributed by atoms with E-state index in [-0.39, 0.29) is 10.6 Å². The van der Waals surface area contributed by atoms with Gasteiger partial charge < -0.3 is 4.57 Å². The van der Waals surface area contributed by atoms with Crippen molar-refractivity contribution in [3.05, 3.63) is 53.1 Å². The molecule has 9 heteroatoms. The van der Waals surface area contributed by atoms with E-state index < -0.39 is 14.9 Å². The van der Waals surface area contributed by atoms with E-state index >= 15 is 0 Å². The Morgan fingerprint density at radius 1 is 1.25 bits per heavy atom. The van der Waals surface area contributed by atoms with Crippen LogP contribution in [0.15, 0.2) is 47.9 Å². The fourth-order valence-corrected chi connectivity index (χ4v) is 4.62. The molecule has 1 aliphatic rings. The van der Waals surface area contributed by atoms with Crippen molar-refractivity contribution in [2.24, 2.45) is 5.92 Å². The molecule has 1 aromatic heterocycles. The monoisotopic (exact) mass is 350 g/mol. The summed E-state index contributed by atoms with van der Waals surface area (Å²) in [6.45, 7) is 1.54. The predicted octanol–water partition coefficient (Wildman–Crippen LogP) is 1.89.